The monoisotopic (exact) mass is 453 g/mol. The lowest BCUT2D eigenvalue weighted by Gasteiger charge is -2.13. The van der Waals surface area contributed by atoms with E-state index >= 15 is 0 Å². The molecule has 1 aliphatic rings. The summed E-state index contributed by atoms with van der Waals surface area (Å²) < 4.78 is 6.56. The molecule has 3 nitrogen and oxygen atoms in total. The Morgan fingerprint density at radius 3 is 2.38 bits per heavy atom. The van der Waals surface area contributed by atoms with Crippen LogP contribution in [0.3, 0.4) is 0 Å². The largest absolute Gasteiger partial charge is 0.489 e. The first-order valence-electron chi connectivity index (χ1n) is 10.2. The Kier molecular flexibility index (Phi) is 5.75. The van der Waals surface area contributed by atoms with Crippen molar-refractivity contribution in [3.8, 4) is 5.75 Å². The van der Waals surface area contributed by atoms with Gasteiger partial charge in [0.15, 0.2) is 4.32 Å². The molecule has 4 aromatic rings. The normalized spacial score (nSPS) is 15.0. The van der Waals surface area contributed by atoms with Crippen LogP contribution in [0.25, 0.3) is 16.8 Å². The molecule has 1 amide bonds. The summed E-state index contributed by atoms with van der Waals surface area (Å²) in [6, 6.07) is 31.8. The Morgan fingerprint density at radius 2 is 1.56 bits per heavy atom. The van der Waals surface area contributed by atoms with Gasteiger partial charge in [0.1, 0.15) is 12.4 Å². The summed E-state index contributed by atoms with van der Waals surface area (Å²) in [4.78, 5) is 15.1. The van der Waals surface area contributed by atoms with Crippen molar-refractivity contribution < 1.29 is 9.53 Å². The van der Waals surface area contributed by atoms with Crippen molar-refractivity contribution in [2.75, 3.05) is 4.90 Å². The zero-order chi connectivity index (χ0) is 21.9. The van der Waals surface area contributed by atoms with E-state index in [4.69, 9.17) is 17.0 Å². The summed E-state index contributed by atoms with van der Waals surface area (Å²) in [6.07, 6.45) is 1.87. The maximum absolute atomic E-state index is 12.9. The van der Waals surface area contributed by atoms with Gasteiger partial charge in [0.2, 0.25) is 0 Å². The quantitative estimate of drug-likeness (QED) is 0.245. The molecule has 1 fully saturated rings. The number of rotatable bonds is 5. The number of anilines is 1. The Morgan fingerprint density at radius 1 is 0.844 bits per heavy atom. The second-order valence-corrected chi connectivity index (χ2v) is 9.02. The summed E-state index contributed by atoms with van der Waals surface area (Å²) in [5.74, 6) is 0.689. The van der Waals surface area contributed by atoms with Gasteiger partial charge >= 0.3 is 0 Å². The first kappa shape index (κ1) is 20.5. The van der Waals surface area contributed by atoms with E-state index in [0.29, 0.717) is 15.8 Å². The van der Waals surface area contributed by atoms with Crippen molar-refractivity contribution in [2.24, 2.45) is 0 Å². The Bertz CT molecular complexity index is 1330. The van der Waals surface area contributed by atoms with Crippen molar-refractivity contribution in [3.05, 3.63) is 113 Å². The van der Waals surface area contributed by atoms with Crippen LogP contribution in [-0.2, 0) is 11.4 Å². The number of carbonyl (C=O) groups excluding carboxylic acids is 1. The van der Waals surface area contributed by atoms with Crippen LogP contribution in [-0.4, -0.2) is 10.2 Å². The van der Waals surface area contributed by atoms with E-state index in [1.54, 1.807) is 4.90 Å². The van der Waals surface area contributed by atoms with Gasteiger partial charge in [-0.15, -0.1) is 0 Å². The summed E-state index contributed by atoms with van der Waals surface area (Å²) in [7, 11) is 0. The molecule has 5 rings (SSSR count). The molecular weight excluding hydrogens is 434 g/mol. The molecule has 0 atom stereocenters. The van der Waals surface area contributed by atoms with Crippen LogP contribution >= 0.6 is 24.0 Å². The van der Waals surface area contributed by atoms with E-state index in [-0.39, 0.29) is 5.91 Å². The van der Waals surface area contributed by atoms with Gasteiger partial charge in [-0.1, -0.05) is 96.8 Å². The zero-order valence-electron chi connectivity index (χ0n) is 17.1. The molecule has 156 valence electrons. The van der Waals surface area contributed by atoms with Gasteiger partial charge in [-0.05, 0) is 52.2 Å². The average Bonchev–Trinajstić information content (AvgIpc) is 3.11. The first-order valence-corrected chi connectivity index (χ1v) is 11.4. The predicted molar refractivity (Wildman–Crippen MR) is 137 cm³/mol. The highest BCUT2D eigenvalue weighted by atomic mass is 32.2. The molecule has 32 heavy (non-hydrogen) atoms. The van der Waals surface area contributed by atoms with Crippen LogP contribution in [0.2, 0.25) is 0 Å². The fourth-order valence-electron chi connectivity index (χ4n) is 3.66. The maximum Gasteiger partial charge on any atom is 0.270 e. The van der Waals surface area contributed by atoms with Crippen LogP contribution in [0.4, 0.5) is 5.69 Å². The molecule has 0 aliphatic carbocycles. The van der Waals surface area contributed by atoms with Crippen LogP contribution in [0.5, 0.6) is 5.75 Å². The van der Waals surface area contributed by atoms with E-state index < -0.39 is 0 Å². The van der Waals surface area contributed by atoms with Gasteiger partial charge in [0, 0.05) is 0 Å². The maximum atomic E-state index is 12.9. The second kappa shape index (κ2) is 8.99. The van der Waals surface area contributed by atoms with Crippen LogP contribution in [0.1, 0.15) is 11.1 Å². The molecule has 4 aromatic carbocycles. The van der Waals surface area contributed by atoms with Gasteiger partial charge in [0.05, 0.1) is 10.6 Å². The minimum atomic E-state index is -0.0949. The highest BCUT2D eigenvalue weighted by Crippen LogP contribution is 2.36. The standard InChI is InChI=1S/C27H19NO2S2/c29-26-25(32-27(31)28(26)22-10-2-1-3-11-22)17-19-13-15-23(16-14-19)30-18-21-9-6-8-20-7-4-5-12-24(20)21/h1-17H,18H2/b25-17+. The van der Waals surface area contributed by atoms with Crippen LogP contribution < -0.4 is 9.64 Å². The Hall–Kier alpha value is -3.41. The third kappa shape index (κ3) is 4.17. The van der Waals surface area contributed by atoms with Crippen molar-refractivity contribution in [1.82, 2.24) is 0 Å². The van der Waals surface area contributed by atoms with Gasteiger partial charge in [0.25, 0.3) is 5.91 Å². The lowest BCUT2D eigenvalue weighted by atomic mass is 10.1. The summed E-state index contributed by atoms with van der Waals surface area (Å²) in [6.45, 7) is 0.496. The van der Waals surface area contributed by atoms with E-state index in [1.165, 1.54) is 22.5 Å². The molecule has 0 N–H and O–H groups in total. The predicted octanol–water partition coefficient (Wildman–Crippen LogP) is 6.82. The third-order valence-corrected chi connectivity index (χ3v) is 6.56. The first-order chi connectivity index (χ1) is 15.7. The van der Waals surface area contributed by atoms with Crippen LogP contribution in [0.15, 0.2) is 102 Å². The Labute approximate surface area is 196 Å². The molecular formula is C27H19NO2S2. The van der Waals surface area contributed by atoms with E-state index in [0.717, 1.165) is 22.6 Å². The topological polar surface area (TPSA) is 29.5 Å². The van der Waals surface area contributed by atoms with Crippen LogP contribution in [0, 0.1) is 0 Å². The lowest BCUT2D eigenvalue weighted by Crippen LogP contribution is -2.27. The highest BCUT2D eigenvalue weighted by molar-refractivity contribution is 8.27. The third-order valence-electron chi connectivity index (χ3n) is 5.26. The second-order valence-electron chi connectivity index (χ2n) is 7.35. The number of hydrogen-bond donors (Lipinski definition) is 0. The number of nitrogens with zero attached hydrogens (tertiary/aromatic N) is 1. The van der Waals surface area contributed by atoms with E-state index in [2.05, 4.69) is 30.3 Å². The number of carbonyl (C=O) groups is 1. The van der Waals surface area contributed by atoms with E-state index in [1.807, 2.05) is 72.8 Å². The van der Waals surface area contributed by atoms with Crippen molar-refractivity contribution in [1.29, 1.82) is 0 Å². The van der Waals surface area contributed by atoms with Crippen molar-refractivity contribution >= 4 is 56.7 Å². The Balaban J connectivity index is 1.29. The molecule has 1 aliphatic heterocycles. The minimum Gasteiger partial charge on any atom is -0.489 e. The van der Waals surface area contributed by atoms with Gasteiger partial charge < -0.3 is 4.74 Å². The fourth-order valence-corrected chi connectivity index (χ4v) is 4.96. The smallest absolute Gasteiger partial charge is 0.270 e. The van der Waals surface area contributed by atoms with E-state index in [9.17, 15) is 4.79 Å². The number of amides is 1. The number of thioether (sulfide) groups is 1. The summed E-state index contributed by atoms with van der Waals surface area (Å²) in [5.41, 5.74) is 2.86. The number of para-hydroxylation sites is 1. The summed E-state index contributed by atoms with van der Waals surface area (Å²) in [5, 5.41) is 2.41. The molecule has 1 saturated heterocycles. The molecule has 5 heteroatoms. The van der Waals surface area contributed by atoms with Gasteiger partial charge in [-0.2, -0.15) is 0 Å². The molecule has 0 unspecified atom stereocenters. The molecule has 0 saturated carbocycles. The molecule has 0 bridgehead atoms. The number of benzene rings is 4. The van der Waals surface area contributed by atoms with Crippen molar-refractivity contribution in [2.45, 2.75) is 6.61 Å². The molecule has 0 aromatic heterocycles. The number of hydrogen-bond acceptors (Lipinski definition) is 4. The SMILES string of the molecule is O=C1/C(=C\c2ccc(OCc3cccc4ccccc34)cc2)SC(=S)N1c1ccccc1. The number of fused-ring (bicyclic) bond motifs is 1. The minimum absolute atomic E-state index is 0.0949. The average molecular weight is 454 g/mol. The number of ether oxygens (including phenoxy) is 1. The molecule has 1 heterocycles. The lowest BCUT2D eigenvalue weighted by molar-refractivity contribution is -0.113. The van der Waals surface area contributed by atoms with Crippen molar-refractivity contribution in [3.63, 3.8) is 0 Å². The fraction of sp³-hybridized carbons (Fsp3) is 0.0370. The zero-order valence-corrected chi connectivity index (χ0v) is 18.7. The van der Waals surface area contributed by atoms with Gasteiger partial charge in [-0.3, -0.25) is 9.69 Å². The number of thiocarbonyl (C=S) groups is 1. The molecule has 0 radical (unpaired) electrons. The highest BCUT2D eigenvalue weighted by Gasteiger charge is 2.33. The van der Waals surface area contributed by atoms with Gasteiger partial charge in [-0.25, -0.2) is 0 Å². The molecule has 0 spiro atoms. The summed E-state index contributed by atoms with van der Waals surface area (Å²) >= 11 is 6.76.